The van der Waals surface area contributed by atoms with Gasteiger partial charge in [0.05, 0.1) is 13.2 Å². The quantitative estimate of drug-likeness (QED) is 0.321. The fourth-order valence-electron chi connectivity index (χ4n) is 1.15. The third-order valence-electron chi connectivity index (χ3n) is 1.95. The van der Waals surface area contributed by atoms with Crippen molar-refractivity contribution in [3.8, 4) is 0 Å². The normalized spacial score (nSPS) is 10.2. The molecule has 19 heavy (non-hydrogen) atoms. The van der Waals surface area contributed by atoms with Crippen molar-refractivity contribution in [3.05, 3.63) is 24.3 Å². The number of nitrogens with two attached hydrogens (primary N) is 1. The molecular weight excluding hydrogens is 490 g/mol. The Kier molecular flexibility index (Phi) is 14.2. The summed E-state index contributed by atoms with van der Waals surface area (Å²) >= 11 is 5.51. The summed E-state index contributed by atoms with van der Waals surface area (Å²) in [6, 6.07) is 7.85. The summed E-state index contributed by atoms with van der Waals surface area (Å²) in [6.45, 7) is 7.11. The van der Waals surface area contributed by atoms with Gasteiger partial charge in [-0.1, -0.05) is 13.8 Å². The maximum Gasteiger partial charge on any atom is 0.109 e. The predicted molar refractivity (Wildman–Crippen MR) is 99.6 cm³/mol. The van der Waals surface area contributed by atoms with Crippen LogP contribution in [-0.4, -0.2) is 30.6 Å². The van der Waals surface area contributed by atoms with E-state index in [-0.39, 0.29) is 0 Å². The standard InChI is InChI=1S/C10H14I2N2O2S.C2H6/c11-15-7-5-14(6-8-16-12)17-10-3-1-9(13)2-4-10;1-2/h1-4H,5-8,13H2;1-2H3. The lowest BCUT2D eigenvalue weighted by molar-refractivity contribution is 0.313. The summed E-state index contributed by atoms with van der Waals surface area (Å²) in [7, 11) is 0. The van der Waals surface area contributed by atoms with E-state index in [0.29, 0.717) is 13.2 Å². The van der Waals surface area contributed by atoms with Crippen molar-refractivity contribution < 1.29 is 6.13 Å². The molecule has 0 saturated heterocycles. The van der Waals surface area contributed by atoms with E-state index in [1.807, 2.05) is 84.1 Å². The maximum atomic E-state index is 5.65. The first kappa shape index (κ1) is 19.7. The summed E-state index contributed by atoms with van der Waals surface area (Å²) in [4.78, 5) is 1.17. The maximum absolute atomic E-state index is 5.65. The van der Waals surface area contributed by atoms with Gasteiger partial charge < -0.3 is 11.9 Å². The highest BCUT2D eigenvalue weighted by Gasteiger charge is 2.07. The Labute approximate surface area is 148 Å². The monoisotopic (exact) mass is 510 g/mol. The van der Waals surface area contributed by atoms with Gasteiger partial charge in [0, 0.05) is 23.7 Å². The molecule has 0 aromatic heterocycles. The van der Waals surface area contributed by atoms with Crippen LogP contribution in [-0.2, 0) is 6.13 Å². The van der Waals surface area contributed by atoms with Crippen LogP contribution < -0.4 is 5.73 Å². The van der Waals surface area contributed by atoms with E-state index < -0.39 is 0 Å². The first-order valence-corrected chi connectivity index (χ1v) is 8.55. The van der Waals surface area contributed by atoms with E-state index in [2.05, 4.69) is 4.31 Å². The van der Waals surface area contributed by atoms with Gasteiger partial charge in [-0.15, -0.1) is 0 Å². The van der Waals surface area contributed by atoms with Crippen LogP contribution in [0.3, 0.4) is 0 Å². The summed E-state index contributed by atoms with van der Waals surface area (Å²) in [5.41, 5.74) is 6.44. The van der Waals surface area contributed by atoms with Gasteiger partial charge in [0.1, 0.15) is 46.0 Å². The topological polar surface area (TPSA) is 47.7 Å². The van der Waals surface area contributed by atoms with Gasteiger partial charge in [0.15, 0.2) is 0 Å². The molecule has 0 radical (unpaired) electrons. The number of halogens is 2. The van der Waals surface area contributed by atoms with Crippen molar-refractivity contribution in [3.63, 3.8) is 0 Å². The molecule has 0 aliphatic heterocycles. The second-order valence-corrected chi connectivity index (χ2v) is 5.63. The Morgan fingerprint density at radius 2 is 1.53 bits per heavy atom. The average Bonchev–Trinajstić information content (AvgIpc) is 2.46. The van der Waals surface area contributed by atoms with Gasteiger partial charge in [0.2, 0.25) is 0 Å². The lowest BCUT2D eigenvalue weighted by Gasteiger charge is -2.19. The molecule has 4 nitrogen and oxygen atoms in total. The molecule has 1 aromatic carbocycles. The Hall–Kier alpha value is 0.710. The summed E-state index contributed by atoms with van der Waals surface area (Å²) < 4.78 is 12.3. The summed E-state index contributed by atoms with van der Waals surface area (Å²) in [6.07, 6.45) is 0. The zero-order valence-electron chi connectivity index (χ0n) is 11.1. The largest absolute Gasteiger partial charge is 0.399 e. The van der Waals surface area contributed by atoms with Gasteiger partial charge in [-0.3, -0.25) is 0 Å². The molecule has 0 unspecified atom stereocenters. The van der Waals surface area contributed by atoms with Gasteiger partial charge in [-0.25, -0.2) is 4.31 Å². The molecule has 0 heterocycles. The molecule has 110 valence electrons. The van der Waals surface area contributed by atoms with E-state index >= 15 is 0 Å². The molecule has 1 rings (SSSR count). The molecule has 0 atom stereocenters. The van der Waals surface area contributed by atoms with E-state index in [4.69, 9.17) is 11.9 Å². The van der Waals surface area contributed by atoms with Crippen LogP contribution in [0.5, 0.6) is 0 Å². The average molecular weight is 510 g/mol. The minimum Gasteiger partial charge on any atom is -0.399 e. The van der Waals surface area contributed by atoms with Gasteiger partial charge in [-0.2, -0.15) is 0 Å². The van der Waals surface area contributed by atoms with Gasteiger partial charge in [0.25, 0.3) is 0 Å². The molecule has 0 spiro atoms. The van der Waals surface area contributed by atoms with Crippen molar-refractivity contribution >= 4 is 63.6 Å². The van der Waals surface area contributed by atoms with Crippen LogP contribution in [0.25, 0.3) is 0 Å². The summed E-state index contributed by atoms with van der Waals surface area (Å²) in [5, 5.41) is 0. The zero-order valence-corrected chi connectivity index (χ0v) is 16.3. The third-order valence-corrected chi connectivity index (χ3v) is 3.94. The van der Waals surface area contributed by atoms with Crippen molar-refractivity contribution in [1.82, 2.24) is 4.31 Å². The summed E-state index contributed by atoms with van der Waals surface area (Å²) in [5.74, 6) is 0. The van der Waals surface area contributed by atoms with Crippen molar-refractivity contribution in [2.75, 3.05) is 32.0 Å². The number of hydrogen-bond donors (Lipinski definition) is 1. The minimum absolute atomic E-state index is 0.698. The second-order valence-electron chi connectivity index (χ2n) is 3.22. The lowest BCUT2D eigenvalue weighted by Crippen LogP contribution is -2.23. The minimum atomic E-state index is 0.698. The van der Waals surface area contributed by atoms with E-state index in [1.165, 1.54) is 4.90 Å². The SMILES string of the molecule is CC.Nc1ccc(SN(CCOI)CCOI)cc1. The number of rotatable bonds is 8. The van der Waals surface area contributed by atoms with E-state index in [0.717, 1.165) is 18.8 Å². The molecule has 0 bridgehead atoms. The Bertz CT molecular complexity index is 307. The molecule has 1 aromatic rings. The second kappa shape index (κ2) is 13.7. The molecule has 0 aliphatic carbocycles. The molecule has 2 N–H and O–H groups in total. The fraction of sp³-hybridized carbons (Fsp3) is 0.500. The molecule has 0 saturated carbocycles. The van der Waals surface area contributed by atoms with Crippen LogP contribution in [0.15, 0.2) is 29.2 Å². The molecule has 0 amide bonds. The molecular formula is C12H20I2N2O2S. The van der Waals surface area contributed by atoms with Crippen molar-refractivity contribution in [1.29, 1.82) is 0 Å². The Morgan fingerprint density at radius 3 is 1.95 bits per heavy atom. The lowest BCUT2D eigenvalue weighted by atomic mass is 10.3. The zero-order chi connectivity index (χ0) is 14.5. The van der Waals surface area contributed by atoms with Crippen LogP contribution >= 0.6 is 58.0 Å². The number of hydrogen-bond acceptors (Lipinski definition) is 5. The predicted octanol–water partition coefficient (Wildman–Crippen LogP) is 4.34. The number of nitrogens with zero attached hydrogens (tertiary/aromatic N) is 1. The molecule has 0 aliphatic rings. The van der Waals surface area contributed by atoms with Crippen molar-refractivity contribution in [2.45, 2.75) is 18.7 Å². The molecule has 7 heteroatoms. The third kappa shape index (κ3) is 10.1. The van der Waals surface area contributed by atoms with Gasteiger partial charge >= 0.3 is 0 Å². The highest BCUT2D eigenvalue weighted by molar-refractivity contribution is 14.1. The van der Waals surface area contributed by atoms with E-state index in [1.54, 1.807) is 11.9 Å². The smallest absolute Gasteiger partial charge is 0.109 e. The van der Waals surface area contributed by atoms with Crippen LogP contribution in [0.2, 0.25) is 0 Å². The van der Waals surface area contributed by atoms with Gasteiger partial charge in [-0.05, 0) is 36.2 Å². The molecule has 0 fully saturated rings. The Balaban J connectivity index is 0.00000154. The number of nitrogen functional groups attached to an aromatic ring is 1. The van der Waals surface area contributed by atoms with Crippen LogP contribution in [0, 0.1) is 0 Å². The van der Waals surface area contributed by atoms with Crippen molar-refractivity contribution in [2.24, 2.45) is 0 Å². The highest BCUT2D eigenvalue weighted by atomic mass is 127. The fourth-order valence-corrected chi connectivity index (χ4v) is 2.43. The van der Waals surface area contributed by atoms with Crippen LogP contribution in [0.1, 0.15) is 13.8 Å². The number of benzene rings is 1. The first-order valence-electron chi connectivity index (χ1n) is 6.02. The number of anilines is 1. The van der Waals surface area contributed by atoms with Crippen LogP contribution in [0.4, 0.5) is 5.69 Å². The van der Waals surface area contributed by atoms with E-state index in [9.17, 15) is 0 Å². The first-order chi connectivity index (χ1) is 9.26. The Morgan fingerprint density at radius 1 is 1.05 bits per heavy atom. The highest BCUT2D eigenvalue weighted by Crippen LogP contribution is 2.23.